The van der Waals surface area contributed by atoms with Crippen molar-refractivity contribution in [3.05, 3.63) is 151 Å². The molecule has 0 N–H and O–H groups in total. The fourth-order valence-corrected chi connectivity index (χ4v) is 7.20. The zero-order valence-corrected chi connectivity index (χ0v) is 39.3. The molecule has 0 amide bonds. The zero-order chi connectivity index (χ0) is 40.3. The first-order valence-electron chi connectivity index (χ1n) is 19.0. The molecule has 294 valence electrons. The third-order valence-corrected chi connectivity index (χ3v) is 11.8. The molecule has 0 fully saturated rings. The summed E-state index contributed by atoms with van der Waals surface area (Å²) < 4.78 is 0. The second kappa shape index (κ2) is 20.8. The minimum atomic E-state index is -0.212. The summed E-state index contributed by atoms with van der Waals surface area (Å²) in [7, 11) is -0.424. The molecular formula is C47H55N7OsP2+2. The van der Waals surface area contributed by atoms with Crippen molar-refractivity contribution in [1.82, 2.24) is 35.1 Å². The second-order valence-electron chi connectivity index (χ2n) is 16.1. The van der Waals surface area contributed by atoms with Gasteiger partial charge in [0.2, 0.25) is 0 Å². The number of imidazole rings is 1. The average Bonchev–Trinajstić information content (AvgIpc) is 3.91. The van der Waals surface area contributed by atoms with Crippen LogP contribution in [0, 0.1) is 0 Å². The number of aromatic nitrogens is 7. The zero-order valence-electron chi connectivity index (χ0n) is 34.8. The van der Waals surface area contributed by atoms with Crippen molar-refractivity contribution in [3.8, 4) is 23.0 Å². The van der Waals surface area contributed by atoms with E-state index in [0.29, 0.717) is 11.6 Å². The Balaban J connectivity index is 0.000000178. The van der Waals surface area contributed by atoms with Crippen LogP contribution in [0.1, 0.15) is 53.1 Å². The molecule has 0 spiro atoms. The van der Waals surface area contributed by atoms with Crippen LogP contribution in [-0.2, 0) is 30.6 Å². The Hall–Kier alpha value is -4.45. The molecule has 0 saturated carbocycles. The molecule has 8 aromatic rings. The molecule has 10 heteroatoms. The Labute approximate surface area is 354 Å². The summed E-state index contributed by atoms with van der Waals surface area (Å²) in [5.74, 6) is 2.05. The third-order valence-electron chi connectivity index (χ3n) is 8.87. The Bertz CT molecular complexity index is 2360. The Morgan fingerprint density at radius 2 is 1.09 bits per heavy atom. The van der Waals surface area contributed by atoms with Gasteiger partial charge in [-0.3, -0.25) is 15.1 Å². The molecule has 0 bridgehead atoms. The molecule has 0 radical (unpaired) electrons. The maximum atomic E-state index is 4.58. The van der Waals surface area contributed by atoms with Crippen LogP contribution in [0.3, 0.4) is 0 Å². The van der Waals surface area contributed by atoms with Crippen molar-refractivity contribution < 1.29 is 19.8 Å². The largest absolute Gasteiger partial charge is 2.00 e. The van der Waals surface area contributed by atoms with Gasteiger partial charge in [-0.2, -0.15) is 0 Å². The van der Waals surface area contributed by atoms with Gasteiger partial charge in [0.15, 0.2) is 0 Å². The van der Waals surface area contributed by atoms with E-state index in [2.05, 4.69) is 182 Å². The van der Waals surface area contributed by atoms with Crippen LogP contribution in [0.5, 0.6) is 0 Å². The number of hydrogen-bond donors (Lipinski definition) is 0. The first-order valence-corrected chi connectivity index (χ1v) is 24.0. The topological polar surface area (TPSA) is 92.7 Å². The van der Waals surface area contributed by atoms with Crippen LogP contribution in [0.4, 0.5) is 0 Å². The first kappa shape index (κ1) is 45.3. The second-order valence-corrected chi connectivity index (χ2v) is 21.2. The fraction of sp³-hybridized carbons (Fsp3) is 0.255. The molecular weight excluding hydrogens is 915 g/mol. The molecule has 0 aliphatic rings. The number of nitrogens with zero attached hydrogens (tertiary/aromatic N) is 7. The molecule has 4 aromatic heterocycles. The Morgan fingerprint density at radius 3 is 1.60 bits per heavy atom. The number of fused-ring (bicyclic) bond motifs is 2. The average molecular weight is 970 g/mol. The van der Waals surface area contributed by atoms with E-state index < -0.39 is 0 Å². The van der Waals surface area contributed by atoms with Crippen LogP contribution in [0.15, 0.2) is 140 Å². The van der Waals surface area contributed by atoms with Crippen molar-refractivity contribution in [3.63, 3.8) is 0 Å². The number of benzene rings is 4. The summed E-state index contributed by atoms with van der Waals surface area (Å²) in [6.45, 7) is 21.8. The normalized spacial score (nSPS) is 11.2. The number of rotatable bonds is 4. The minimum absolute atomic E-state index is 0. The van der Waals surface area contributed by atoms with Crippen LogP contribution >= 0.6 is 15.8 Å². The molecule has 4 aromatic carbocycles. The van der Waals surface area contributed by atoms with Crippen LogP contribution in [0.25, 0.3) is 44.6 Å². The summed E-state index contributed by atoms with van der Waals surface area (Å²) in [5, 5.41) is 15.9. The van der Waals surface area contributed by atoms with Crippen molar-refractivity contribution in [2.75, 3.05) is 26.7 Å². The maximum Gasteiger partial charge on any atom is 2.00 e. The summed E-state index contributed by atoms with van der Waals surface area (Å²) in [6.07, 6.45) is 5.49. The monoisotopic (exact) mass is 971 g/mol. The van der Waals surface area contributed by atoms with Crippen molar-refractivity contribution in [2.24, 2.45) is 0 Å². The van der Waals surface area contributed by atoms with E-state index in [1.807, 2.05) is 54.9 Å². The van der Waals surface area contributed by atoms with Crippen LogP contribution in [0.2, 0.25) is 0 Å². The quantitative estimate of drug-likeness (QED) is 0.162. The molecule has 0 aliphatic carbocycles. The van der Waals surface area contributed by atoms with E-state index >= 15 is 0 Å². The Morgan fingerprint density at radius 1 is 0.544 bits per heavy atom. The van der Waals surface area contributed by atoms with Crippen LogP contribution < -0.4 is 20.7 Å². The molecule has 0 aliphatic heterocycles. The Kier molecular flexibility index (Phi) is 16.5. The van der Waals surface area contributed by atoms with Crippen molar-refractivity contribution >= 4 is 48.0 Å². The molecule has 8 rings (SSSR count). The van der Waals surface area contributed by atoms with E-state index in [4.69, 9.17) is 0 Å². The van der Waals surface area contributed by atoms with E-state index in [9.17, 15) is 0 Å². The smallest absolute Gasteiger partial charge is 0.441 e. The van der Waals surface area contributed by atoms with Crippen molar-refractivity contribution in [1.29, 1.82) is 0 Å². The van der Waals surface area contributed by atoms with Gasteiger partial charge in [0.1, 0.15) is 0 Å². The molecule has 4 heterocycles. The van der Waals surface area contributed by atoms with Crippen molar-refractivity contribution in [2.45, 2.75) is 52.4 Å². The molecule has 57 heavy (non-hydrogen) atoms. The maximum absolute atomic E-state index is 4.58. The summed E-state index contributed by atoms with van der Waals surface area (Å²) >= 11 is 0. The van der Waals surface area contributed by atoms with Gasteiger partial charge < -0.3 is 20.1 Å². The van der Waals surface area contributed by atoms with Gasteiger partial charge in [0, 0.05) is 50.2 Å². The minimum Gasteiger partial charge on any atom is -0.441 e. The van der Waals surface area contributed by atoms with Gasteiger partial charge in [-0.05, 0) is 64.2 Å². The van der Waals surface area contributed by atoms with Gasteiger partial charge in [-0.1, -0.05) is 138 Å². The van der Waals surface area contributed by atoms with Gasteiger partial charge >= 0.3 is 19.8 Å². The SMILES string of the molecule is CC(C)(C)c1c[n-]c(-c2cc3ccccc3cn2)n1.CC(C)(C)c1n[n-]c(-c2nccc3ccccc23)n1.C[PH+](C)c1ccccc1.C[PH+](C)c1ccccc1.[Os+2]. The number of hydrogen-bond acceptors (Lipinski definition) is 5. The van der Waals surface area contributed by atoms with Gasteiger partial charge in [-0.25, -0.2) is 0 Å². The van der Waals surface area contributed by atoms with Crippen LogP contribution in [-0.4, -0.2) is 51.7 Å². The van der Waals surface area contributed by atoms with E-state index in [1.54, 1.807) is 6.20 Å². The van der Waals surface area contributed by atoms with Gasteiger partial charge in [0.25, 0.3) is 0 Å². The molecule has 0 atom stereocenters. The third kappa shape index (κ3) is 13.0. The summed E-state index contributed by atoms with van der Waals surface area (Å²) in [6, 6.07) is 41.6. The molecule has 0 saturated heterocycles. The van der Waals surface area contributed by atoms with Gasteiger partial charge in [-0.15, -0.1) is 0 Å². The number of pyridine rings is 2. The molecule has 0 unspecified atom stereocenters. The molecule has 7 nitrogen and oxygen atoms in total. The predicted octanol–water partition coefficient (Wildman–Crippen LogP) is 10.1. The van der Waals surface area contributed by atoms with E-state index in [1.165, 1.54) is 10.6 Å². The standard InChI is InChI=1S/C16H16N3.C15H15N4.2C8H11P.Os/c1-16(2,3)14-10-18-15(19-14)13-8-11-6-4-5-7-12(11)9-17-13;1-15(2,3)14-17-13(18-19-14)12-11-7-5-4-6-10(11)8-9-16-12;2*1-9(2)8-6-4-3-5-7-8;/h4-10H,1-3H3;4-9H,1-3H3;2*3-7H,1-2H3;/q2*-1;;;+2/p+2. The van der Waals surface area contributed by atoms with E-state index in [-0.39, 0.29) is 46.5 Å². The fourth-order valence-electron chi connectivity index (χ4n) is 5.48. The van der Waals surface area contributed by atoms with Gasteiger partial charge in [0.05, 0.1) is 48.7 Å². The van der Waals surface area contributed by atoms with E-state index in [0.717, 1.165) is 44.5 Å². The predicted molar refractivity (Wildman–Crippen MR) is 244 cm³/mol. The first-order chi connectivity index (χ1) is 26.7. The summed E-state index contributed by atoms with van der Waals surface area (Å²) in [5.41, 5.74) is 2.53. The summed E-state index contributed by atoms with van der Waals surface area (Å²) in [4.78, 5) is 22.3.